The molecule has 43 heteroatoms. The molecule has 666 valence electrons. The molecule has 21 rings (SSSR count). The summed E-state index contributed by atoms with van der Waals surface area (Å²) < 4.78 is 41.1. The molecule has 0 aliphatic carbocycles. The van der Waals surface area contributed by atoms with Crippen molar-refractivity contribution in [3.63, 3.8) is 0 Å². The zero-order valence-electron chi connectivity index (χ0n) is 68.8. The number of nitrogens with two attached hydrogens (primary N) is 7. The molecule has 0 unspecified atom stereocenters. The van der Waals surface area contributed by atoms with Gasteiger partial charge in [-0.25, -0.2) is 69.2 Å². The third-order valence-corrected chi connectivity index (χ3v) is 24.7. The highest BCUT2D eigenvalue weighted by Gasteiger charge is 2.34. The Morgan fingerprint density at radius 3 is 1.06 bits per heavy atom. The van der Waals surface area contributed by atoms with Crippen LogP contribution >= 0.6 is 139 Å². The van der Waals surface area contributed by atoms with Crippen molar-refractivity contribution in [3.05, 3.63) is 202 Å². The lowest BCUT2D eigenvalue weighted by atomic mass is 10.0. The predicted octanol–water partition coefficient (Wildman–Crippen LogP) is 20.6. The molecule has 9 aromatic heterocycles. The zero-order valence-corrected chi connectivity index (χ0v) is 77.9. The Kier molecular flexibility index (Phi) is 26.4. The van der Waals surface area contributed by atoms with Gasteiger partial charge in [0.1, 0.15) is 73.8 Å². The van der Waals surface area contributed by atoms with Gasteiger partial charge in [-0.15, -0.1) is 0 Å². The highest BCUT2D eigenvalue weighted by molar-refractivity contribution is 6.41. The second kappa shape index (κ2) is 37.6. The number of nitrogens with zero attached hydrogens (tertiary/aromatic N) is 14. The molecular formula is C87H70Cl12N22O9. The summed E-state index contributed by atoms with van der Waals surface area (Å²) in [5, 5.41) is 5.84. The summed E-state index contributed by atoms with van der Waals surface area (Å²) in [6.07, 6.45) is 10.4. The molecule has 31 nitrogen and oxygen atoms in total. The van der Waals surface area contributed by atoms with Gasteiger partial charge in [0, 0.05) is 148 Å². The van der Waals surface area contributed by atoms with Crippen LogP contribution in [0.3, 0.4) is 0 Å². The summed E-state index contributed by atoms with van der Waals surface area (Å²) in [5.74, 6) is 4.67. The Morgan fingerprint density at radius 1 is 0.392 bits per heavy atom. The topological polar surface area (TPSA) is 461 Å². The number of ether oxygens (including phenoxy) is 7. The largest absolute Gasteiger partial charge is 0.491 e. The lowest BCUT2D eigenvalue weighted by molar-refractivity contribution is 0.0941. The molecule has 6 aliphatic rings. The van der Waals surface area contributed by atoms with Gasteiger partial charge >= 0.3 is 6.09 Å². The van der Waals surface area contributed by atoms with Gasteiger partial charge in [-0.05, 0) is 81.4 Å². The van der Waals surface area contributed by atoms with E-state index in [0.29, 0.717) is 244 Å². The SMILES string of the molecule is C=Cc1c[nH]c2c(-c3c(Cl)cc(Cl)c4c3CCO4)nc(N)nc12.CC(=O)n1ccc2nc(N)nc(-c3c(Cl)cc(Cl)c4c3CCO4)c21.COC(=O)n1ccc2nc(N)nc(-c3c(Cl)cc(Cl)c4c3CCO4)c21.Cc1cc(-c2c(Cl)cc(Cl)c3c2CCO3)nc(N)n1.Cc1cc(-c2c(Cl)cc(Cl)c3c2CCO3)nc(N)n1.Cc1nc(N)nc(-c2c(Cl)cc(Cl)c3c2CCO3)c1N. The maximum atomic E-state index is 12.1. The predicted molar refractivity (Wildman–Crippen MR) is 512 cm³/mol. The number of halogens is 12. The number of benzene rings is 6. The quantitative estimate of drug-likeness (QED) is 0.0734. The number of nitrogens with one attached hydrogen (secondary N) is 1. The monoisotopic (exact) mass is 1990 g/mol. The molecule has 0 saturated heterocycles. The molecule has 6 aromatic carbocycles. The van der Waals surface area contributed by atoms with Crippen molar-refractivity contribution >= 4 is 232 Å². The summed E-state index contributed by atoms with van der Waals surface area (Å²) >= 11 is 75.4. The van der Waals surface area contributed by atoms with E-state index in [-0.39, 0.29) is 41.6 Å². The van der Waals surface area contributed by atoms with Crippen LogP contribution in [0.4, 0.5) is 46.2 Å². The van der Waals surface area contributed by atoms with E-state index in [2.05, 4.69) is 71.4 Å². The second-order valence-electron chi connectivity index (χ2n) is 29.5. The van der Waals surface area contributed by atoms with E-state index in [1.807, 2.05) is 32.2 Å². The van der Waals surface area contributed by atoms with Crippen LogP contribution in [0.15, 0.2) is 85.8 Å². The van der Waals surface area contributed by atoms with E-state index in [9.17, 15) is 9.59 Å². The summed E-state index contributed by atoms with van der Waals surface area (Å²) in [4.78, 5) is 78.0. The van der Waals surface area contributed by atoms with Crippen LogP contribution in [0, 0.1) is 20.8 Å². The molecular weight excluding hydrogens is 1920 g/mol. The van der Waals surface area contributed by atoms with Crippen LogP contribution in [0.25, 0.3) is 107 Å². The van der Waals surface area contributed by atoms with Crippen LogP contribution in [-0.2, 0) is 43.3 Å². The van der Waals surface area contributed by atoms with Gasteiger partial charge in [0.05, 0.1) is 146 Å². The van der Waals surface area contributed by atoms with Crippen molar-refractivity contribution in [1.82, 2.24) is 73.9 Å². The summed E-state index contributed by atoms with van der Waals surface area (Å²) in [6, 6.07) is 17.0. The Balaban J connectivity index is 0.000000115. The van der Waals surface area contributed by atoms with Crippen molar-refractivity contribution in [2.75, 3.05) is 86.9 Å². The van der Waals surface area contributed by atoms with Gasteiger partial charge in [-0.2, -0.15) is 0 Å². The molecule has 6 aliphatic heterocycles. The van der Waals surface area contributed by atoms with E-state index < -0.39 is 6.09 Å². The van der Waals surface area contributed by atoms with Crippen molar-refractivity contribution in [1.29, 1.82) is 0 Å². The molecule has 0 atom stereocenters. The number of H-pyrrole nitrogens is 1. The Labute approximate surface area is 799 Å². The van der Waals surface area contributed by atoms with Crippen LogP contribution in [-0.4, -0.2) is 133 Å². The average molecular weight is 1990 g/mol. The number of aromatic nitrogens is 15. The first-order valence-electron chi connectivity index (χ1n) is 39.3. The molecule has 0 bridgehead atoms. The number of anilines is 7. The molecule has 15 aromatic rings. The number of methoxy groups -OCH3 is 1. The Hall–Kier alpha value is -11.8. The first kappa shape index (κ1) is 91.5. The third kappa shape index (κ3) is 17.7. The maximum Gasteiger partial charge on any atom is 0.418 e. The van der Waals surface area contributed by atoms with Crippen molar-refractivity contribution in [3.8, 4) is 102 Å². The van der Waals surface area contributed by atoms with Gasteiger partial charge in [0.15, 0.2) is 0 Å². The minimum absolute atomic E-state index is 0.0730. The van der Waals surface area contributed by atoms with Crippen molar-refractivity contribution in [2.24, 2.45) is 0 Å². The van der Waals surface area contributed by atoms with Gasteiger partial charge in [-0.1, -0.05) is 152 Å². The molecule has 0 radical (unpaired) electrons. The molecule has 0 fully saturated rings. The fraction of sp³-hybridized carbons (Fsp3) is 0.195. The van der Waals surface area contributed by atoms with Crippen molar-refractivity contribution in [2.45, 2.75) is 66.2 Å². The molecule has 0 spiro atoms. The standard InChI is InChI=1S/C16H12Cl2N4O3.C16H12Cl2N4O2.C16H12Cl2N4O.C13H12Cl2N4O.2C13H11Cl2N3O/c1-24-16(23)22-4-2-10-13(22)12(21-15(19)20-10)11-7-3-5-25-14(7)9(18)6-8(11)17;1-7(23)22-4-2-11-14(22)13(21-16(19)20-11)12-8-3-5-24-15(8)10(18)6-9(12)17;1-2-7-6-20-14-12(7)21-16(19)22-13(14)11-8-3-4-23-15(8)10(18)5-9(11)17;1-5-10(16)11(19-13(17)18-5)9-6-2-3-20-12(6)8(15)4-7(9)14;2*1-6-4-10(18-13(16)17-6)11-7-2-3-19-12(7)9(15)5-8(11)14/h2,4,6H,3,5H2,1H3,(H2,19,20,21);2,4,6H,3,5H2,1H3,(H2,19,20,21);2,5-6,20H,1,3-4H2,(H2,19,21,22);4H,2-3,16H2,1H3,(H2,17,18,19);2*4-5H,2-3H2,1H3,(H2,16,17,18). The van der Waals surface area contributed by atoms with Gasteiger partial charge in [0.25, 0.3) is 0 Å². The maximum absolute atomic E-state index is 12.1. The van der Waals surface area contributed by atoms with E-state index in [1.54, 1.807) is 73.9 Å². The first-order valence-corrected chi connectivity index (χ1v) is 43.8. The number of fused-ring (bicyclic) bond motifs is 9. The fourth-order valence-corrected chi connectivity index (χ4v) is 19.9. The van der Waals surface area contributed by atoms with Crippen LogP contribution in [0.5, 0.6) is 34.5 Å². The Bertz CT molecular complexity index is 7080. The number of nitrogen functional groups attached to an aromatic ring is 7. The summed E-state index contributed by atoms with van der Waals surface area (Å²) in [7, 11) is 1.30. The normalized spacial score (nSPS) is 13.1. The van der Waals surface area contributed by atoms with Gasteiger partial charge in [-0.3, -0.25) is 9.36 Å². The molecule has 15 N–H and O–H groups in total. The van der Waals surface area contributed by atoms with Crippen LogP contribution in [0.1, 0.15) is 67.7 Å². The number of carbonyl (C=O) groups excluding carboxylic acids is 2. The third-order valence-electron chi connectivity index (χ3n) is 21.3. The lowest BCUT2D eigenvalue weighted by Crippen LogP contribution is -2.11. The van der Waals surface area contributed by atoms with Gasteiger partial charge < -0.3 is 78.3 Å². The minimum atomic E-state index is -0.567. The van der Waals surface area contributed by atoms with E-state index >= 15 is 0 Å². The van der Waals surface area contributed by atoms with Gasteiger partial charge in [0.2, 0.25) is 41.6 Å². The zero-order chi connectivity index (χ0) is 92.4. The smallest absolute Gasteiger partial charge is 0.418 e. The van der Waals surface area contributed by atoms with Crippen LogP contribution in [0.2, 0.25) is 60.3 Å². The molecule has 130 heavy (non-hydrogen) atoms. The van der Waals surface area contributed by atoms with E-state index in [1.165, 1.54) is 23.2 Å². The average Bonchev–Trinajstić information content (AvgIpc) is 1.59. The highest BCUT2D eigenvalue weighted by Crippen LogP contribution is 2.53. The summed E-state index contributed by atoms with van der Waals surface area (Å²) in [5.41, 5.74) is 61.3. The van der Waals surface area contributed by atoms with E-state index in [4.69, 9.17) is 213 Å². The minimum Gasteiger partial charge on any atom is -0.491 e. The lowest BCUT2D eigenvalue weighted by Gasteiger charge is -2.14. The second-order valence-corrected chi connectivity index (χ2v) is 34.3. The fourth-order valence-electron chi connectivity index (χ4n) is 16.0. The number of aromatic amines is 1. The number of rotatable bonds is 7. The van der Waals surface area contributed by atoms with Crippen LogP contribution < -0.4 is 68.6 Å². The summed E-state index contributed by atoms with van der Waals surface area (Å²) in [6.45, 7) is 14.1. The molecule has 0 saturated carbocycles. The van der Waals surface area contributed by atoms with Crippen molar-refractivity contribution < 1.29 is 42.7 Å². The number of carbonyl (C=O) groups is 2. The molecule has 0 amide bonds. The highest BCUT2D eigenvalue weighted by atomic mass is 35.5. The molecule has 15 heterocycles. The van der Waals surface area contributed by atoms with E-state index in [0.717, 1.165) is 90.9 Å². The number of hydrogen-bond acceptors (Lipinski definition) is 28. The Morgan fingerprint density at radius 2 is 0.700 bits per heavy atom. The number of hydrogen-bond donors (Lipinski definition) is 8. The first-order chi connectivity index (χ1) is 62.2. The number of aryl methyl sites for hydroxylation is 3.